The summed E-state index contributed by atoms with van der Waals surface area (Å²) in [6.07, 6.45) is 2.60. The Kier molecular flexibility index (Phi) is 5.42. The quantitative estimate of drug-likeness (QED) is 0.549. The number of benzene rings is 3. The van der Waals surface area contributed by atoms with Crippen LogP contribution >= 0.6 is 0 Å². The fourth-order valence-corrected chi connectivity index (χ4v) is 2.47. The van der Waals surface area contributed by atoms with Crippen LogP contribution in [0.3, 0.4) is 0 Å². The van der Waals surface area contributed by atoms with Crippen molar-refractivity contribution >= 4 is 22.9 Å². The van der Waals surface area contributed by atoms with E-state index in [1.165, 1.54) is 10.9 Å². The molecule has 0 atom stereocenters. The van der Waals surface area contributed by atoms with Gasteiger partial charge in [-0.3, -0.25) is 4.79 Å². The number of hydrogen-bond donors (Lipinski definition) is 1. The van der Waals surface area contributed by atoms with Crippen molar-refractivity contribution in [2.45, 2.75) is 13.3 Å². The smallest absolute Gasteiger partial charge is 0.277 e. The minimum atomic E-state index is -0.295. The summed E-state index contributed by atoms with van der Waals surface area (Å²) >= 11 is 0. The van der Waals surface area contributed by atoms with Crippen LogP contribution in [0.1, 0.15) is 18.1 Å². The highest BCUT2D eigenvalue weighted by molar-refractivity contribution is 5.90. The van der Waals surface area contributed by atoms with E-state index in [1.807, 2.05) is 60.7 Å². The molecule has 0 aliphatic heterocycles. The van der Waals surface area contributed by atoms with Gasteiger partial charge < -0.3 is 4.74 Å². The minimum absolute atomic E-state index is 0.0689. The van der Waals surface area contributed by atoms with Gasteiger partial charge in [-0.1, -0.05) is 55.5 Å². The first-order valence-electron chi connectivity index (χ1n) is 8.27. The first-order valence-corrected chi connectivity index (χ1v) is 8.27. The first-order chi connectivity index (χ1) is 12.2. The molecular formula is C21H20N2O2. The Morgan fingerprint density at radius 3 is 2.56 bits per heavy atom. The summed E-state index contributed by atoms with van der Waals surface area (Å²) in [5, 5.41) is 6.29. The predicted molar refractivity (Wildman–Crippen MR) is 101 cm³/mol. The summed E-state index contributed by atoms with van der Waals surface area (Å²) in [5.41, 5.74) is 4.64. The Morgan fingerprint density at radius 2 is 1.80 bits per heavy atom. The zero-order valence-electron chi connectivity index (χ0n) is 14.1. The maximum absolute atomic E-state index is 11.8. The largest absolute Gasteiger partial charge is 0.484 e. The topological polar surface area (TPSA) is 50.7 Å². The number of rotatable bonds is 6. The number of hydrazone groups is 1. The number of ether oxygens (including phenoxy) is 1. The van der Waals surface area contributed by atoms with Crippen LogP contribution in [-0.4, -0.2) is 18.7 Å². The molecular weight excluding hydrogens is 312 g/mol. The molecule has 126 valence electrons. The van der Waals surface area contributed by atoms with E-state index in [-0.39, 0.29) is 12.5 Å². The fraction of sp³-hybridized carbons (Fsp3) is 0.143. The molecule has 25 heavy (non-hydrogen) atoms. The van der Waals surface area contributed by atoms with Crippen LogP contribution in [0.25, 0.3) is 10.8 Å². The van der Waals surface area contributed by atoms with E-state index in [0.29, 0.717) is 5.75 Å². The molecule has 4 nitrogen and oxygen atoms in total. The number of hydrogen-bond acceptors (Lipinski definition) is 3. The molecule has 0 saturated heterocycles. The van der Waals surface area contributed by atoms with E-state index >= 15 is 0 Å². The zero-order chi connectivity index (χ0) is 17.5. The number of carbonyl (C=O) groups excluding carboxylic acids is 1. The van der Waals surface area contributed by atoms with Gasteiger partial charge in [0.2, 0.25) is 0 Å². The lowest BCUT2D eigenvalue weighted by molar-refractivity contribution is -0.123. The molecule has 0 fully saturated rings. The van der Waals surface area contributed by atoms with Crippen LogP contribution in [0.4, 0.5) is 0 Å². The molecule has 0 unspecified atom stereocenters. The average Bonchev–Trinajstić information content (AvgIpc) is 2.66. The van der Waals surface area contributed by atoms with Crippen molar-refractivity contribution in [2.24, 2.45) is 5.10 Å². The Morgan fingerprint density at radius 1 is 1.04 bits per heavy atom. The second-order valence-electron chi connectivity index (χ2n) is 5.69. The second-order valence-corrected chi connectivity index (χ2v) is 5.69. The number of carbonyl (C=O) groups is 1. The van der Waals surface area contributed by atoms with Gasteiger partial charge in [-0.25, -0.2) is 5.43 Å². The number of aryl methyl sites for hydroxylation is 1. The van der Waals surface area contributed by atoms with Crippen LogP contribution in [0.5, 0.6) is 5.75 Å². The van der Waals surface area contributed by atoms with Gasteiger partial charge in [-0.2, -0.15) is 5.10 Å². The van der Waals surface area contributed by atoms with Gasteiger partial charge in [-0.05, 0) is 46.5 Å². The fourth-order valence-electron chi connectivity index (χ4n) is 2.47. The monoisotopic (exact) mass is 332 g/mol. The molecule has 0 aliphatic rings. The summed E-state index contributed by atoms with van der Waals surface area (Å²) in [6.45, 7) is 2.03. The van der Waals surface area contributed by atoms with E-state index in [0.717, 1.165) is 17.4 Å². The molecule has 0 radical (unpaired) electrons. The third-order valence-electron chi connectivity index (χ3n) is 3.88. The average molecular weight is 332 g/mol. The van der Waals surface area contributed by atoms with Gasteiger partial charge in [0.15, 0.2) is 6.61 Å². The Balaban J connectivity index is 1.51. The second kappa shape index (κ2) is 8.11. The van der Waals surface area contributed by atoms with Crippen molar-refractivity contribution in [1.82, 2.24) is 5.43 Å². The molecule has 0 aliphatic carbocycles. The van der Waals surface area contributed by atoms with E-state index in [1.54, 1.807) is 6.21 Å². The molecule has 1 amide bonds. The lowest BCUT2D eigenvalue weighted by Gasteiger charge is -2.05. The third kappa shape index (κ3) is 4.67. The maximum Gasteiger partial charge on any atom is 0.277 e. The summed E-state index contributed by atoms with van der Waals surface area (Å²) in [6, 6.07) is 21.8. The lowest BCUT2D eigenvalue weighted by atomic mass is 10.1. The Labute approximate surface area is 147 Å². The summed E-state index contributed by atoms with van der Waals surface area (Å²) < 4.78 is 5.44. The van der Waals surface area contributed by atoms with Crippen LogP contribution in [0, 0.1) is 0 Å². The van der Waals surface area contributed by atoms with E-state index < -0.39 is 0 Å². The van der Waals surface area contributed by atoms with E-state index in [4.69, 9.17) is 4.74 Å². The van der Waals surface area contributed by atoms with Gasteiger partial charge in [0.05, 0.1) is 6.21 Å². The molecule has 3 aromatic carbocycles. The molecule has 0 spiro atoms. The molecule has 0 saturated carbocycles. The van der Waals surface area contributed by atoms with Crippen molar-refractivity contribution in [2.75, 3.05) is 6.61 Å². The third-order valence-corrected chi connectivity index (χ3v) is 3.88. The van der Waals surface area contributed by atoms with Crippen molar-refractivity contribution < 1.29 is 9.53 Å². The number of nitrogens with zero attached hydrogens (tertiary/aromatic N) is 1. The molecule has 1 N–H and O–H groups in total. The summed E-state index contributed by atoms with van der Waals surface area (Å²) in [5.74, 6) is 0.377. The van der Waals surface area contributed by atoms with Gasteiger partial charge in [0.25, 0.3) is 5.91 Å². The summed E-state index contributed by atoms with van der Waals surface area (Å²) in [4.78, 5) is 11.8. The predicted octanol–water partition coefficient (Wildman–Crippen LogP) is 3.93. The maximum atomic E-state index is 11.8. The van der Waals surface area contributed by atoms with E-state index in [2.05, 4.69) is 23.5 Å². The standard InChI is InChI=1S/C21H20N2O2/c1-2-16-8-11-20(12-9-16)25-15-21(24)23-22-14-17-7-10-18-5-3-4-6-19(18)13-17/h3-14H,2,15H2,1H3,(H,23,24). The Bertz CT molecular complexity index is 886. The van der Waals surface area contributed by atoms with Crippen molar-refractivity contribution in [3.8, 4) is 5.75 Å². The molecule has 3 aromatic rings. The van der Waals surface area contributed by atoms with Crippen LogP contribution in [0.15, 0.2) is 71.8 Å². The van der Waals surface area contributed by atoms with Crippen molar-refractivity contribution in [3.05, 3.63) is 77.9 Å². The van der Waals surface area contributed by atoms with Crippen molar-refractivity contribution in [1.29, 1.82) is 0 Å². The lowest BCUT2D eigenvalue weighted by Crippen LogP contribution is -2.24. The summed E-state index contributed by atoms with van der Waals surface area (Å²) in [7, 11) is 0. The molecule has 0 bridgehead atoms. The highest BCUT2D eigenvalue weighted by Gasteiger charge is 2.01. The van der Waals surface area contributed by atoms with Crippen molar-refractivity contribution in [3.63, 3.8) is 0 Å². The first kappa shape index (κ1) is 16.7. The van der Waals surface area contributed by atoms with Gasteiger partial charge in [0.1, 0.15) is 5.75 Å². The molecule has 0 heterocycles. The molecule has 3 rings (SSSR count). The Hall–Kier alpha value is -3.14. The van der Waals surface area contributed by atoms with Crippen LogP contribution in [-0.2, 0) is 11.2 Å². The highest BCUT2D eigenvalue weighted by Crippen LogP contribution is 2.14. The number of nitrogens with one attached hydrogen (secondary N) is 1. The van der Waals surface area contributed by atoms with Gasteiger partial charge in [0, 0.05) is 0 Å². The SMILES string of the molecule is CCc1ccc(OCC(=O)NN=Cc2ccc3ccccc3c2)cc1. The number of fused-ring (bicyclic) bond motifs is 1. The molecule has 4 heteroatoms. The van der Waals surface area contributed by atoms with Gasteiger partial charge >= 0.3 is 0 Å². The number of amides is 1. The zero-order valence-corrected chi connectivity index (χ0v) is 14.1. The van der Waals surface area contributed by atoms with Crippen LogP contribution < -0.4 is 10.2 Å². The molecule has 0 aromatic heterocycles. The normalized spacial score (nSPS) is 10.9. The van der Waals surface area contributed by atoms with Crippen LogP contribution in [0.2, 0.25) is 0 Å². The highest BCUT2D eigenvalue weighted by atomic mass is 16.5. The van der Waals surface area contributed by atoms with E-state index in [9.17, 15) is 4.79 Å². The minimum Gasteiger partial charge on any atom is -0.484 e. The van der Waals surface area contributed by atoms with Gasteiger partial charge in [-0.15, -0.1) is 0 Å².